The van der Waals surface area contributed by atoms with Crippen LogP contribution in [0.15, 0.2) is 0 Å². The monoisotopic (exact) mass is 256 g/mol. The fraction of sp³-hybridized carbons (Fsp3) is 1.00. The molecule has 0 aromatic rings. The van der Waals surface area contributed by atoms with Crippen LogP contribution in [0, 0.1) is 0 Å². The van der Waals surface area contributed by atoms with Crippen molar-refractivity contribution in [1.82, 2.24) is 10.2 Å². The number of hydrogen-bond acceptors (Lipinski definition) is 3. The number of hydrogen-bond donors (Lipinski definition) is 1. The second-order valence-electron chi connectivity index (χ2n) is 6.13. The van der Waals surface area contributed by atoms with Gasteiger partial charge in [-0.05, 0) is 40.0 Å². The van der Waals surface area contributed by atoms with Crippen molar-refractivity contribution in [3.8, 4) is 0 Å². The van der Waals surface area contributed by atoms with Crippen molar-refractivity contribution >= 4 is 0 Å². The third-order valence-corrected chi connectivity index (χ3v) is 4.52. The van der Waals surface area contributed by atoms with Gasteiger partial charge in [-0.1, -0.05) is 13.8 Å². The van der Waals surface area contributed by atoms with E-state index in [4.69, 9.17) is 4.74 Å². The lowest BCUT2D eigenvalue weighted by atomic mass is 9.85. The Morgan fingerprint density at radius 3 is 2.39 bits per heavy atom. The number of ether oxygens (including phenoxy) is 1. The molecule has 108 valence electrons. The minimum atomic E-state index is 0.264. The molecule has 0 radical (unpaired) electrons. The lowest BCUT2D eigenvalue weighted by molar-refractivity contribution is 0.0151. The van der Waals surface area contributed by atoms with Crippen molar-refractivity contribution in [1.29, 1.82) is 0 Å². The maximum Gasteiger partial charge on any atom is 0.0478 e. The van der Waals surface area contributed by atoms with Gasteiger partial charge in [0.15, 0.2) is 0 Å². The zero-order chi connectivity index (χ0) is 13.6. The molecule has 3 nitrogen and oxygen atoms in total. The van der Waals surface area contributed by atoms with Crippen LogP contribution in [-0.4, -0.2) is 48.8 Å². The van der Waals surface area contributed by atoms with Gasteiger partial charge in [-0.25, -0.2) is 0 Å². The molecule has 0 bridgehead atoms. The smallest absolute Gasteiger partial charge is 0.0478 e. The van der Waals surface area contributed by atoms with Gasteiger partial charge in [0.25, 0.3) is 0 Å². The Morgan fingerprint density at radius 1 is 1.17 bits per heavy atom. The van der Waals surface area contributed by atoms with E-state index in [1.54, 1.807) is 0 Å². The van der Waals surface area contributed by atoms with E-state index in [0.717, 1.165) is 32.7 Å². The van der Waals surface area contributed by atoms with E-state index < -0.39 is 0 Å². The number of rotatable bonds is 7. The van der Waals surface area contributed by atoms with Crippen molar-refractivity contribution in [2.75, 3.05) is 32.8 Å². The predicted molar refractivity (Wildman–Crippen MR) is 78.1 cm³/mol. The Balaban J connectivity index is 2.54. The lowest BCUT2D eigenvalue weighted by Gasteiger charge is -2.52. The topological polar surface area (TPSA) is 24.5 Å². The molecule has 1 saturated heterocycles. The fourth-order valence-electron chi connectivity index (χ4n) is 2.76. The molecule has 1 fully saturated rings. The van der Waals surface area contributed by atoms with E-state index in [-0.39, 0.29) is 5.54 Å². The third-order valence-electron chi connectivity index (χ3n) is 4.52. The average molecular weight is 256 g/mol. The molecule has 18 heavy (non-hydrogen) atoms. The second-order valence-corrected chi connectivity index (χ2v) is 6.13. The quantitative estimate of drug-likeness (QED) is 0.709. The third kappa shape index (κ3) is 3.94. The molecule has 1 aliphatic heterocycles. The predicted octanol–water partition coefficient (Wildman–Crippen LogP) is 2.66. The van der Waals surface area contributed by atoms with Gasteiger partial charge in [0.1, 0.15) is 0 Å². The standard InChI is InChI=1S/C15H32N2O/c1-6-15(7-2)13-17(10-9-11-18-8-3)14(4,5)12-16-15/h16H,6-13H2,1-5H3. The SMILES string of the molecule is CCOCCCN1CC(CC)(CC)NCC1(C)C. The van der Waals surface area contributed by atoms with Crippen LogP contribution in [0.3, 0.4) is 0 Å². The molecule has 1 aliphatic rings. The Hall–Kier alpha value is -0.120. The molecular weight excluding hydrogens is 224 g/mol. The van der Waals surface area contributed by atoms with Crippen LogP contribution in [0.5, 0.6) is 0 Å². The van der Waals surface area contributed by atoms with Crippen LogP contribution in [-0.2, 0) is 4.74 Å². The molecule has 0 unspecified atom stereocenters. The molecule has 1 N–H and O–H groups in total. The molecule has 1 rings (SSSR count). The summed E-state index contributed by atoms with van der Waals surface area (Å²) in [5.74, 6) is 0. The van der Waals surface area contributed by atoms with Gasteiger partial charge in [-0.15, -0.1) is 0 Å². The van der Waals surface area contributed by atoms with Gasteiger partial charge in [-0.3, -0.25) is 4.90 Å². The van der Waals surface area contributed by atoms with E-state index in [1.165, 1.54) is 19.4 Å². The molecule has 0 aromatic carbocycles. The van der Waals surface area contributed by atoms with Crippen molar-refractivity contribution in [3.63, 3.8) is 0 Å². The summed E-state index contributed by atoms with van der Waals surface area (Å²) in [4.78, 5) is 2.65. The normalized spacial score (nSPS) is 23.2. The first-order valence-electron chi connectivity index (χ1n) is 7.57. The van der Waals surface area contributed by atoms with Crippen molar-refractivity contribution in [2.45, 2.75) is 65.0 Å². The van der Waals surface area contributed by atoms with Gasteiger partial charge in [0.2, 0.25) is 0 Å². The van der Waals surface area contributed by atoms with Crippen LogP contribution in [0.2, 0.25) is 0 Å². The largest absolute Gasteiger partial charge is 0.382 e. The van der Waals surface area contributed by atoms with E-state index in [0.29, 0.717) is 5.54 Å². The number of nitrogens with one attached hydrogen (secondary N) is 1. The van der Waals surface area contributed by atoms with Crippen LogP contribution in [0.4, 0.5) is 0 Å². The Kier molecular flexibility index (Phi) is 6.09. The van der Waals surface area contributed by atoms with Gasteiger partial charge < -0.3 is 10.1 Å². The van der Waals surface area contributed by atoms with Gasteiger partial charge in [0.05, 0.1) is 0 Å². The zero-order valence-corrected chi connectivity index (χ0v) is 13.0. The molecule has 3 heteroatoms. The minimum absolute atomic E-state index is 0.264. The summed E-state index contributed by atoms with van der Waals surface area (Å²) in [6.07, 6.45) is 3.56. The molecule has 0 spiro atoms. The minimum Gasteiger partial charge on any atom is -0.382 e. The summed E-state index contributed by atoms with van der Waals surface area (Å²) in [6, 6.07) is 0. The summed E-state index contributed by atoms with van der Waals surface area (Å²) in [5.41, 5.74) is 0.585. The van der Waals surface area contributed by atoms with Gasteiger partial charge in [0, 0.05) is 43.9 Å². The zero-order valence-electron chi connectivity index (χ0n) is 13.0. The Bertz CT molecular complexity index is 237. The van der Waals surface area contributed by atoms with Crippen LogP contribution in [0.1, 0.15) is 53.9 Å². The first-order chi connectivity index (χ1) is 8.49. The summed E-state index contributed by atoms with van der Waals surface area (Å²) in [5, 5.41) is 3.78. The summed E-state index contributed by atoms with van der Waals surface area (Å²) in [6.45, 7) is 16.5. The highest BCUT2D eigenvalue weighted by Crippen LogP contribution is 2.28. The Labute approximate surface area is 113 Å². The highest BCUT2D eigenvalue weighted by Gasteiger charge is 2.40. The molecule has 0 aromatic heterocycles. The number of nitrogens with zero attached hydrogens (tertiary/aromatic N) is 1. The molecule has 0 saturated carbocycles. The van der Waals surface area contributed by atoms with Crippen LogP contribution in [0.25, 0.3) is 0 Å². The van der Waals surface area contributed by atoms with Gasteiger partial charge >= 0.3 is 0 Å². The molecule has 0 aliphatic carbocycles. The maximum atomic E-state index is 5.46. The second kappa shape index (κ2) is 6.88. The Morgan fingerprint density at radius 2 is 1.83 bits per heavy atom. The van der Waals surface area contributed by atoms with Gasteiger partial charge in [-0.2, -0.15) is 0 Å². The van der Waals surface area contributed by atoms with Crippen molar-refractivity contribution < 1.29 is 4.74 Å². The first kappa shape index (κ1) is 15.9. The lowest BCUT2D eigenvalue weighted by Crippen LogP contribution is -2.67. The fourth-order valence-corrected chi connectivity index (χ4v) is 2.76. The van der Waals surface area contributed by atoms with Crippen LogP contribution < -0.4 is 5.32 Å². The number of piperazine rings is 1. The summed E-state index contributed by atoms with van der Waals surface area (Å²) >= 11 is 0. The maximum absolute atomic E-state index is 5.46. The van der Waals surface area contributed by atoms with Crippen molar-refractivity contribution in [3.05, 3.63) is 0 Å². The van der Waals surface area contributed by atoms with E-state index in [9.17, 15) is 0 Å². The summed E-state index contributed by atoms with van der Waals surface area (Å²) in [7, 11) is 0. The summed E-state index contributed by atoms with van der Waals surface area (Å²) < 4.78 is 5.46. The van der Waals surface area contributed by atoms with E-state index >= 15 is 0 Å². The molecule has 1 heterocycles. The molecular formula is C15H32N2O. The highest BCUT2D eigenvalue weighted by atomic mass is 16.5. The highest BCUT2D eigenvalue weighted by molar-refractivity contribution is 5.00. The van der Waals surface area contributed by atoms with Crippen molar-refractivity contribution in [2.24, 2.45) is 0 Å². The average Bonchev–Trinajstić information content (AvgIpc) is 2.37. The van der Waals surface area contributed by atoms with E-state index in [1.807, 2.05) is 0 Å². The molecule has 0 atom stereocenters. The van der Waals surface area contributed by atoms with E-state index in [2.05, 4.69) is 44.8 Å². The van der Waals surface area contributed by atoms with Crippen LogP contribution >= 0.6 is 0 Å². The first-order valence-corrected chi connectivity index (χ1v) is 7.57. The molecule has 0 amide bonds.